The first-order chi connectivity index (χ1) is 9.19. The number of hydrogen-bond donors (Lipinski definition) is 4. The molecule has 1 heterocycles. The molecule has 2 amide bonds. The highest BCUT2D eigenvalue weighted by Crippen LogP contribution is 2.18. The summed E-state index contributed by atoms with van der Waals surface area (Å²) in [6.07, 6.45) is 1.29. The zero-order valence-corrected chi connectivity index (χ0v) is 12.5. The molecular weight excluding hydrogens is 282 g/mol. The predicted molar refractivity (Wildman–Crippen MR) is 74.7 cm³/mol. The molecule has 0 aromatic carbocycles. The number of rotatable bonds is 6. The van der Waals surface area contributed by atoms with Crippen LogP contribution in [0.4, 0.5) is 4.79 Å². The first-order valence-electron chi connectivity index (χ1n) is 6.10. The molecule has 0 fully saturated rings. The van der Waals surface area contributed by atoms with Crippen molar-refractivity contribution in [2.45, 2.75) is 38.8 Å². The number of carbonyl (C=O) groups excluding carboxylic acids is 1. The van der Waals surface area contributed by atoms with Crippen molar-refractivity contribution in [1.29, 1.82) is 0 Å². The van der Waals surface area contributed by atoms with Crippen molar-refractivity contribution >= 4 is 23.3 Å². The van der Waals surface area contributed by atoms with E-state index in [0.717, 1.165) is 9.88 Å². The molecule has 8 heteroatoms. The number of carboxylic acid groups (broad SMARTS) is 1. The smallest absolute Gasteiger partial charge is 0.315 e. The van der Waals surface area contributed by atoms with Gasteiger partial charge in [0.25, 0.3) is 0 Å². The van der Waals surface area contributed by atoms with Gasteiger partial charge in [-0.3, -0.25) is 4.79 Å². The fourth-order valence-electron chi connectivity index (χ4n) is 1.54. The Kier molecular flexibility index (Phi) is 5.46. The number of nitrogens with one attached hydrogen (secondary N) is 2. The highest BCUT2D eigenvalue weighted by Gasteiger charge is 2.25. The summed E-state index contributed by atoms with van der Waals surface area (Å²) in [5.41, 5.74) is -1.48. The molecule has 0 aliphatic heterocycles. The lowest BCUT2D eigenvalue weighted by atomic mass is 10.0. The number of aliphatic hydroxyl groups is 1. The molecule has 0 saturated heterocycles. The summed E-state index contributed by atoms with van der Waals surface area (Å²) < 4.78 is 0. The molecule has 0 bridgehead atoms. The first kappa shape index (κ1) is 16.4. The monoisotopic (exact) mass is 301 g/mol. The van der Waals surface area contributed by atoms with Gasteiger partial charge in [0.05, 0.1) is 18.1 Å². The van der Waals surface area contributed by atoms with Crippen LogP contribution in [0.3, 0.4) is 0 Å². The van der Waals surface area contributed by atoms with E-state index in [-0.39, 0.29) is 12.6 Å². The van der Waals surface area contributed by atoms with Crippen LogP contribution in [0.2, 0.25) is 0 Å². The van der Waals surface area contributed by atoms with Crippen LogP contribution >= 0.6 is 11.3 Å². The molecule has 112 valence electrons. The van der Waals surface area contributed by atoms with Crippen molar-refractivity contribution in [3.8, 4) is 0 Å². The van der Waals surface area contributed by atoms with Crippen LogP contribution in [0.1, 0.15) is 36.2 Å². The summed E-state index contributed by atoms with van der Waals surface area (Å²) in [6, 6.07) is -0.728. The molecule has 0 saturated carbocycles. The van der Waals surface area contributed by atoms with Gasteiger partial charge in [-0.1, -0.05) is 0 Å². The SMILES string of the molecule is Cc1cnc(C(C)NC(=O)NCC(C)(O)CC(=O)O)s1. The lowest BCUT2D eigenvalue weighted by molar-refractivity contribution is -0.141. The summed E-state index contributed by atoms with van der Waals surface area (Å²) >= 11 is 1.49. The molecule has 0 radical (unpaired) electrons. The van der Waals surface area contributed by atoms with Crippen LogP contribution in [-0.2, 0) is 4.79 Å². The maximum atomic E-state index is 11.7. The summed E-state index contributed by atoms with van der Waals surface area (Å²) in [7, 11) is 0. The van der Waals surface area contributed by atoms with Gasteiger partial charge < -0.3 is 20.8 Å². The minimum Gasteiger partial charge on any atom is -0.481 e. The Morgan fingerprint density at radius 3 is 2.70 bits per heavy atom. The van der Waals surface area contributed by atoms with Gasteiger partial charge >= 0.3 is 12.0 Å². The number of aromatic nitrogens is 1. The number of aryl methyl sites for hydroxylation is 1. The third-order valence-electron chi connectivity index (χ3n) is 2.52. The third kappa shape index (κ3) is 5.54. The number of urea groups is 1. The van der Waals surface area contributed by atoms with Gasteiger partial charge in [0.15, 0.2) is 0 Å². The van der Waals surface area contributed by atoms with E-state index < -0.39 is 24.0 Å². The molecule has 1 rings (SSSR count). The molecule has 0 spiro atoms. The Morgan fingerprint density at radius 2 is 2.20 bits per heavy atom. The van der Waals surface area contributed by atoms with E-state index >= 15 is 0 Å². The van der Waals surface area contributed by atoms with Crippen LogP contribution in [0.25, 0.3) is 0 Å². The van der Waals surface area contributed by atoms with Gasteiger partial charge in [-0.05, 0) is 20.8 Å². The fourth-order valence-corrected chi connectivity index (χ4v) is 2.32. The molecule has 0 aliphatic rings. The van der Waals surface area contributed by atoms with E-state index in [1.807, 2.05) is 6.92 Å². The van der Waals surface area contributed by atoms with Crippen molar-refractivity contribution in [2.24, 2.45) is 0 Å². The molecule has 4 N–H and O–H groups in total. The van der Waals surface area contributed by atoms with Crippen molar-refractivity contribution in [3.63, 3.8) is 0 Å². The second-order valence-corrected chi connectivity index (χ2v) is 6.19. The Balaban J connectivity index is 2.42. The number of thiazole rings is 1. The summed E-state index contributed by atoms with van der Waals surface area (Å²) in [5, 5.41) is 24.3. The number of amides is 2. The number of nitrogens with zero attached hydrogens (tertiary/aromatic N) is 1. The largest absolute Gasteiger partial charge is 0.481 e. The lowest BCUT2D eigenvalue weighted by Gasteiger charge is -2.22. The topological polar surface area (TPSA) is 112 Å². The van der Waals surface area contributed by atoms with E-state index in [0.29, 0.717) is 0 Å². The predicted octanol–water partition coefficient (Wildman–Crippen LogP) is 1.04. The third-order valence-corrected chi connectivity index (χ3v) is 3.61. The number of carboxylic acids is 1. The van der Waals surface area contributed by atoms with E-state index in [9.17, 15) is 14.7 Å². The maximum absolute atomic E-state index is 11.7. The minimum absolute atomic E-state index is 0.144. The number of hydrogen-bond acceptors (Lipinski definition) is 5. The minimum atomic E-state index is -1.48. The number of aliphatic carboxylic acids is 1. The zero-order chi connectivity index (χ0) is 15.3. The second-order valence-electron chi connectivity index (χ2n) is 4.93. The Labute approximate surface area is 121 Å². The van der Waals surface area contributed by atoms with Gasteiger partial charge in [-0.25, -0.2) is 9.78 Å². The van der Waals surface area contributed by atoms with E-state index in [4.69, 9.17) is 5.11 Å². The fraction of sp³-hybridized carbons (Fsp3) is 0.583. The maximum Gasteiger partial charge on any atom is 0.315 e. The molecule has 7 nitrogen and oxygen atoms in total. The van der Waals surface area contributed by atoms with Crippen molar-refractivity contribution in [1.82, 2.24) is 15.6 Å². The zero-order valence-electron chi connectivity index (χ0n) is 11.6. The Bertz CT molecular complexity index is 487. The molecule has 20 heavy (non-hydrogen) atoms. The van der Waals surface area contributed by atoms with Crippen molar-refractivity contribution < 1.29 is 19.8 Å². The van der Waals surface area contributed by atoms with Gasteiger partial charge in [0.1, 0.15) is 5.01 Å². The molecule has 2 atom stereocenters. The van der Waals surface area contributed by atoms with Gasteiger partial charge in [-0.2, -0.15) is 0 Å². The molecule has 1 aromatic heterocycles. The Hall–Kier alpha value is -1.67. The molecule has 2 unspecified atom stereocenters. The molecule has 1 aromatic rings. The highest BCUT2D eigenvalue weighted by atomic mass is 32.1. The van der Waals surface area contributed by atoms with E-state index in [2.05, 4.69) is 15.6 Å². The average molecular weight is 301 g/mol. The summed E-state index contributed by atoms with van der Waals surface area (Å²) in [6.45, 7) is 4.94. The van der Waals surface area contributed by atoms with E-state index in [1.54, 1.807) is 13.1 Å². The van der Waals surface area contributed by atoms with E-state index in [1.165, 1.54) is 18.3 Å². The van der Waals surface area contributed by atoms with Crippen LogP contribution < -0.4 is 10.6 Å². The summed E-state index contributed by atoms with van der Waals surface area (Å²) in [4.78, 5) is 27.4. The van der Waals surface area contributed by atoms with Crippen molar-refractivity contribution in [3.05, 3.63) is 16.1 Å². The van der Waals surface area contributed by atoms with Gasteiger partial charge in [-0.15, -0.1) is 11.3 Å². The number of carbonyl (C=O) groups is 2. The van der Waals surface area contributed by atoms with Gasteiger partial charge in [0.2, 0.25) is 0 Å². The van der Waals surface area contributed by atoms with Crippen LogP contribution in [0.5, 0.6) is 0 Å². The molecule has 0 aliphatic carbocycles. The van der Waals surface area contributed by atoms with Crippen LogP contribution in [0, 0.1) is 6.92 Å². The quantitative estimate of drug-likeness (QED) is 0.627. The van der Waals surface area contributed by atoms with Crippen LogP contribution in [-0.4, -0.2) is 39.3 Å². The van der Waals surface area contributed by atoms with Crippen LogP contribution in [0.15, 0.2) is 6.20 Å². The standard InChI is InChI=1S/C12H19N3O4S/c1-7-5-13-10(20-7)8(2)15-11(18)14-6-12(3,19)4-9(16)17/h5,8,19H,4,6H2,1-3H3,(H,16,17)(H2,14,15,18). The highest BCUT2D eigenvalue weighted by molar-refractivity contribution is 7.11. The summed E-state index contributed by atoms with van der Waals surface area (Å²) in [5.74, 6) is -1.12. The Morgan fingerprint density at radius 1 is 1.55 bits per heavy atom. The normalized spacial score (nSPS) is 15.2. The molecular formula is C12H19N3O4S. The second kappa shape index (κ2) is 6.67. The van der Waals surface area contributed by atoms with Gasteiger partial charge in [0, 0.05) is 17.6 Å². The first-order valence-corrected chi connectivity index (χ1v) is 6.92. The average Bonchev–Trinajstić information content (AvgIpc) is 2.72. The van der Waals surface area contributed by atoms with Crippen molar-refractivity contribution in [2.75, 3.05) is 6.54 Å². The lowest BCUT2D eigenvalue weighted by Crippen LogP contribution is -2.46.